The maximum atomic E-state index is 13.2. The number of anilines is 1. The Morgan fingerprint density at radius 3 is 2.38 bits per heavy atom. The summed E-state index contributed by atoms with van der Waals surface area (Å²) in [4.78, 5) is 24.3. The van der Waals surface area contributed by atoms with E-state index < -0.39 is 5.82 Å². The Hall–Kier alpha value is -2.69. The SMILES string of the molecule is CCCCCNC(=O)c1cccc(C(=O)Nc2cccc(F)c2)c1. The molecule has 0 fully saturated rings. The third kappa shape index (κ3) is 5.19. The Kier molecular flexibility index (Phi) is 6.49. The molecular formula is C19H21FN2O2. The molecule has 126 valence electrons. The Balaban J connectivity index is 2.01. The van der Waals surface area contributed by atoms with Crippen molar-refractivity contribution in [2.24, 2.45) is 0 Å². The van der Waals surface area contributed by atoms with Gasteiger partial charge in [-0.05, 0) is 42.8 Å². The number of benzene rings is 2. The Morgan fingerprint density at radius 1 is 0.958 bits per heavy atom. The van der Waals surface area contributed by atoms with E-state index in [1.54, 1.807) is 24.3 Å². The molecule has 2 aromatic rings. The maximum Gasteiger partial charge on any atom is 0.255 e. The van der Waals surface area contributed by atoms with Crippen molar-refractivity contribution in [2.75, 3.05) is 11.9 Å². The molecule has 0 unspecified atom stereocenters. The fourth-order valence-corrected chi connectivity index (χ4v) is 2.25. The van der Waals surface area contributed by atoms with Crippen LogP contribution in [0.3, 0.4) is 0 Å². The molecule has 0 atom stereocenters. The highest BCUT2D eigenvalue weighted by Gasteiger charge is 2.10. The zero-order chi connectivity index (χ0) is 17.4. The lowest BCUT2D eigenvalue weighted by molar-refractivity contribution is 0.0953. The lowest BCUT2D eigenvalue weighted by Gasteiger charge is -2.08. The van der Waals surface area contributed by atoms with E-state index in [-0.39, 0.29) is 11.8 Å². The molecule has 5 heteroatoms. The summed E-state index contributed by atoms with van der Waals surface area (Å²) >= 11 is 0. The van der Waals surface area contributed by atoms with E-state index in [1.165, 1.54) is 24.3 Å². The fourth-order valence-electron chi connectivity index (χ4n) is 2.25. The molecule has 2 N–H and O–H groups in total. The summed E-state index contributed by atoms with van der Waals surface area (Å²) in [6.07, 6.45) is 3.09. The van der Waals surface area contributed by atoms with Gasteiger partial charge in [0.05, 0.1) is 0 Å². The number of unbranched alkanes of at least 4 members (excludes halogenated alkanes) is 2. The third-order valence-corrected chi connectivity index (χ3v) is 3.54. The van der Waals surface area contributed by atoms with E-state index in [0.29, 0.717) is 23.4 Å². The molecule has 0 bridgehead atoms. The molecule has 0 aliphatic carbocycles. The van der Waals surface area contributed by atoms with E-state index in [4.69, 9.17) is 0 Å². The first kappa shape index (κ1) is 17.7. The van der Waals surface area contributed by atoms with Crippen LogP contribution in [-0.4, -0.2) is 18.4 Å². The number of nitrogens with one attached hydrogen (secondary N) is 2. The van der Waals surface area contributed by atoms with Crippen LogP contribution in [0, 0.1) is 5.82 Å². The summed E-state index contributed by atoms with van der Waals surface area (Å²) in [6, 6.07) is 12.1. The van der Waals surface area contributed by atoms with Crippen LogP contribution < -0.4 is 10.6 Å². The molecule has 24 heavy (non-hydrogen) atoms. The lowest BCUT2D eigenvalue weighted by Crippen LogP contribution is -2.24. The number of carbonyl (C=O) groups excluding carboxylic acids is 2. The standard InChI is InChI=1S/C19H21FN2O2/c1-2-3-4-11-21-18(23)14-7-5-8-15(12-14)19(24)22-17-10-6-9-16(20)13-17/h5-10,12-13H,2-4,11H2,1H3,(H,21,23)(H,22,24). The van der Waals surface area contributed by atoms with Crippen LogP contribution in [0.1, 0.15) is 46.9 Å². The van der Waals surface area contributed by atoms with Crippen molar-refractivity contribution in [1.82, 2.24) is 5.32 Å². The van der Waals surface area contributed by atoms with Crippen LogP contribution in [0.15, 0.2) is 48.5 Å². The van der Waals surface area contributed by atoms with Crippen molar-refractivity contribution in [3.63, 3.8) is 0 Å². The zero-order valence-electron chi connectivity index (χ0n) is 13.6. The summed E-state index contributed by atoms with van der Waals surface area (Å²) < 4.78 is 13.2. The largest absolute Gasteiger partial charge is 0.352 e. The quantitative estimate of drug-likeness (QED) is 0.755. The van der Waals surface area contributed by atoms with Crippen molar-refractivity contribution < 1.29 is 14.0 Å². The van der Waals surface area contributed by atoms with Gasteiger partial charge in [-0.2, -0.15) is 0 Å². The first-order valence-corrected chi connectivity index (χ1v) is 8.05. The molecular weight excluding hydrogens is 307 g/mol. The molecule has 0 heterocycles. The second-order valence-corrected chi connectivity index (χ2v) is 5.51. The molecule has 0 aliphatic heterocycles. The van der Waals surface area contributed by atoms with Gasteiger partial charge in [0, 0.05) is 23.4 Å². The minimum atomic E-state index is -0.423. The maximum absolute atomic E-state index is 13.2. The van der Waals surface area contributed by atoms with E-state index in [2.05, 4.69) is 17.6 Å². The van der Waals surface area contributed by atoms with Crippen LogP contribution in [0.4, 0.5) is 10.1 Å². The molecule has 0 aliphatic rings. The number of halogens is 1. The molecule has 0 radical (unpaired) electrons. The van der Waals surface area contributed by atoms with Crippen molar-refractivity contribution in [1.29, 1.82) is 0 Å². The summed E-state index contributed by atoms with van der Waals surface area (Å²) in [7, 11) is 0. The molecule has 4 nitrogen and oxygen atoms in total. The van der Waals surface area contributed by atoms with Crippen molar-refractivity contribution >= 4 is 17.5 Å². The van der Waals surface area contributed by atoms with Crippen LogP contribution in [0.2, 0.25) is 0 Å². The summed E-state index contributed by atoms with van der Waals surface area (Å²) in [5.41, 5.74) is 1.15. The highest BCUT2D eigenvalue weighted by atomic mass is 19.1. The van der Waals surface area contributed by atoms with Gasteiger partial charge in [-0.1, -0.05) is 31.9 Å². The molecule has 0 spiro atoms. The van der Waals surface area contributed by atoms with E-state index >= 15 is 0 Å². The van der Waals surface area contributed by atoms with Gasteiger partial charge in [-0.25, -0.2) is 4.39 Å². The molecule has 0 saturated carbocycles. The summed E-state index contributed by atoms with van der Waals surface area (Å²) in [5, 5.41) is 5.45. The number of carbonyl (C=O) groups is 2. The number of hydrogen-bond acceptors (Lipinski definition) is 2. The van der Waals surface area contributed by atoms with Gasteiger partial charge in [0.25, 0.3) is 11.8 Å². The predicted molar refractivity (Wildman–Crippen MR) is 92.7 cm³/mol. The number of hydrogen-bond donors (Lipinski definition) is 2. The van der Waals surface area contributed by atoms with Crippen LogP contribution in [0.25, 0.3) is 0 Å². The minimum absolute atomic E-state index is 0.202. The van der Waals surface area contributed by atoms with Crippen molar-refractivity contribution in [2.45, 2.75) is 26.2 Å². The highest BCUT2D eigenvalue weighted by Crippen LogP contribution is 2.12. The van der Waals surface area contributed by atoms with Crippen molar-refractivity contribution in [3.8, 4) is 0 Å². The first-order chi connectivity index (χ1) is 11.6. The third-order valence-electron chi connectivity index (χ3n) is 3.54. The Bertz CT molecular complexity index is 716. The van der Waals surface area contributed by atoms with Gasteiger partial charge in [-0.3, -0.25) is 9.59 Å². The second-order valence-electron chi connectivity index (χ2n) is 5.51. The molecule has 0 saturated heterocycles. The smallest absolute Gasteiger partial charge is 0.255 e. The van der Waals surface area contributed by atoms with E-state index in [0.717, 1.165) is 19.3 Å². The van der Waals surface area contributed by atoms with Crippen LogP contribution in [0.5, 0.6) is 0 Å². The highest BCUT2D eigenvalue weighted by molar-refractivity contribution is 6.06. The zero-order valence-corrected chi connectivity index (χ0v) is 13.6. The lowest BCUT2D eigenvalue weighted by atomic mass is 10.1. The normalized spacial score (nSPS) is 10.2. The van der Waals surface area contributed by atoms with Crippen molar-refractivity contribution in [3.05, 3.63) is 65.5 Å². The predicted octanol–water partition coefficient (Wildman–Crippen LogP) is 4.00. The second kappa shape index (κ2) is 8.82. The van der Waals surface area contributed by atoms with Crippen LogP contribution in [-0.2, 0) is 0 Å². The van der Waals surface area contributed by atoms with Gasteiger partial charge in [0.2, 0.25) is 0 Å². The molecule has 2 amide bonds. The molecule has 2 aromatic carbocycles. The average molecular weight is 328 g/mol. The Morgan fingerprint density at radius 2 is 1.67 bits per heavy atom. The average Bonchev–Trinajstić information content (AvgIpc) is 2.58. The number of rotatable bonds is 7. The number of amides is 2. The molecule has 2 rings (SSSR count). The summed E-state index contributed by atoms with van der Waals surface area (Å²) in [6.45, 7) is 2.72. The van der Waals surface area contributed by atoms with Gasteiger partial charge in [0.15, 0.2) is 0 Å². The van der Waals surface area contributed by atoms with E-state index in [9.17, 15) is 14.0 Å². The van der Waals surface area contributed by atoms with Gasteiger partial charge >= 0.3 is 0 Å². The van der Waals surface area contributed by atoms with Crippen LogP contribution >= 0.6 is 0 Å². The van der Waals surface area contributed by atoms with E-state index in [1.807, 2.05) is 0 Å². The Labute approximate surface area is 141 Å². The van der Waals surface area contributed by atoms with Gasteiger partial charge in [-0.15, -0.1) is 0 Å². The molecule has 0 aromatic heterocycles. The van der Waals surface area contributed by atoms with Gasteiger partial charge < -0.3 is 10.6 Å². The fraction of sp³-hybridized carbons (Fsp3) is 0.263. The first-order valence-electron chi connectivity index (χ1n) is 8.05. The summed E-state index contributed by atoms with van der Waals surface area (Å²) in [5.74, 6) is -1.01. The monoisotopic (exact) mass is 328 g/mol. The van der Waals surface area contributed by atoms with Gasteiger partial charge in [0.1, 0.15) is 5.82 Å². The topological polar surface area (TPSA) is 58.2 Å². The minimum Gasteiger partial charge on any atom is -0.352 e.